The number of nitrogens with one attached hydrogen (secondary N) is 1. The van der Waals surface area contributed by atoms with Crippen LogP contribution >= 0.6 is 0 Å². The molecule has 0 radical (unpaired) electrons. The van der Waals surface area contributed by atoms with E-state index in [0.717, 1.165) is 19.4 Å². The molecule has 0 bridgehead atoms. The first-order valence-electron chi connectivity index (χ1n) is 5.10. The molecule has 1 unspecified atom stereocenters. The van der Waals surface area contributed by atoms with E-state index in [0.29, 0.717) is 0 Å². The van der Waals surface area contributed by atoms with Gasteiger partial charge in [0.1, 0.15) is 0 Å². The van der Waals surface area contributed by atoms with Gasteiger partial charge in [0.15, 0.2) is 0 Å². The highest BCUT2D eigenvalue weighted by atomic mass is 16.1. The monoisotopic (exact) mass is 206 g/mol. The Morgan fingerprint density at radius 1 is 1.33 bits per heavy atom. The van der Waals surface area contributed by atoms with Gasteiger partial charge in [0.25, 0.3) is 0 Å². The minimum atomic E-state index is 0.180. The van der Waals surface area contributed by atoms with Crippen LogP contribution in [0.5, 0.6) is 0 Å². The van der Waals surface area contributed by atoms with Gasteiger partial charge < -0.3 is 10.2 Å². The van der Waals surface area contributed by atoms with Gasteiger partial charge in [-0.1, -0.05) is 30.3 Å². The molecule has 1 aromatic carbocycles. The zero-order valence-electron chi connectivity index (χ0n) is 9.31. The molecular weight excluding hydrogens is 188 g/mol. The second kappa shape index (κ2) is 6.19. The van der Waals surface area contributed by atoms with E-state index >= 15 is 0 Å². The molecule has 15 heavy (non-hydrogen) atoms. The highest BCUT2D eigenvalue weighted by Crippen LogP contribution is 2.03. The van der Waals surface area contributed by atoms with Crippen LogP contribution in [0, 0.1) is 0 Å². The fourth-order valence-corrected chi connectivity index (χ4v) is 1.61. The van der Waals surface area contributed by atoms with Gasteiger partial charge in [0, 0.05) is 12.6 Å². The molecule has 3 nitrogen and oxygen atoms in total. The van der Waals surface area contributed by atoms with Crippen molar-refractivity contribution in [3.8, 4) is 0 Å². The molecule has 1 amide bonds. The van der Waals surface area contributed by atoms with Crippen LogP contribution in [-0.2, 0) is 11.2 Å². The quantitative estimate of drug-likeness (QED) is 0.702. The number of hydrogen-bond acceptors (Lipinski definition) is 2. The summed E-state index contributed by atoms with van der Waals surface area (Å²) >= 11 is 0. The number of rotatable bonds is 6. The van der Waals surface area contributed by atoms with Crippen LogP contribution in [0.1, 0.15) is 5.56 Å². The van der Waals surface area contributed by atoms with Gasteiger partial charge in [-0.3, -0.25) is 4.79 Å². The van der Waals surface area contributed by atoms with Crippen LogP contribution in [-0.4, -0.2) is 38.0 Å². The molecule has 0 aliphatic carbocycles. The van der Waals surface area contributed by atoms with Crippen LogP contribution in [0.2, 0.25) is 0 Å². The third kappa shape index (κ3) is 4.61. The Hall–Kier alpha value is -1.35. The number of amides is 1. The van der Waals surface area contributed by atoms with E-state index in [2.05, 4.69) is 22.3 Å². The first kappa shape index (κ1) is 11.7. The Balaban J connectivity index is 2.54. The van der Waals surface area contributed by atoms with E-state index in [1.54, 1.807) is 0 Å². The molecule has 0 spiro atoms. The van der Waals surface area contributed by atoms with Crippen LogP contribution in [0.25, 0.3) is 0 Å². The number of benzene rings is 1. The molecule has 1 rings (SSSR count). The van der Waals surface area contributed by atoms with Crippen LogP contribution < -0.4 is 5.32 Å². The first-order valence-corrected chi connectivity index (χ1v) is 5.10. The van der Waals surface area contributed by atoms with Gasteiger partial charge in [-0.2, -0.15) is 0 Å². The van der Waals surface area contributed by atoms with Gasteiger partial charge in [0.2, 0.25) is 6.41 Å². The summed E-state index contributed by atoms with van der Waals surface area (Å²) in [4.78, 5) is 12.5. The summed E-state index contributed by atoms with van der Waals surface area (Å²) in [6.45, 7) is 0.855. The van der Waals surface area contributed by atoms with E-state index < -0.39 is 0 Å². The lowest BCUT2D eigenvalue weighted by Gasteiger charge is -2.20. The van der Waals surface area contributed by atoms with Crippen molar-refractivity contribution in [3.63, 3.8) is 0 Å². The first-order chi connectivity index (χ1) is 7.22. The predicted octanol–water partition coefficient (Wildman–Crippen LogP) is 0.905. The number of hydrogen-bond donors (Lipinski definition) is 1. The highest BCUT2D eigenvalue weighted by Gasteiger charge is 2.08. The molecule has 0 aromatic heterocycles. The summed E-state index contributed by atoms with van der Waals surface area (Å²) in [5.41, 5.74) is 1.25. The van der Waals surface area contributed by atoms with Crippen LogP contribution in [0.3, 0.4) is 0 Å². The SMILES string of the molecule is CN(C)CC(Cc1ccccc1)NC=O. The minimum Gasteiger partial charge on any atom is -0.354 e. The van der Waals surface area contributed by atoms with Crippen LogP contribution in [0.15, 0.2) is 30.3 Å². The fourth-order valence-electron chi connectivity index (χ4n) is 1.61. The van der Waals surface area contributed by atoms with Crippen molar-refractivity contribution in [2.75, 3.05) is 20.6 Å². The molecule has 0 heterocycles. The van der Waals surface area contributed by atoms with Crippen molar-refractivity contribution >= 4 is 6.41 Å². The third-order valence-corrected chi connectivity index (χ3v) is 2.21. The molecular formula is C12H18N2O. The van der Waals surface area contributed by atoms with Crippen molar-refractivity contribution in [2.45, 2.75) is 12.5 Å². The topological polar surface area (TPSA) is 32.3 Å². The summed E-state index contributed by atoms with van der Waals surface area (Å²) in [7, 11) is 4.01. The van der Waals surface area contributed by atoms with Crippen molar-refractivity contribution < 1.29 is 4.79 Å². The summed E-state index contributed by atoms with van der Waals surface area (Å²) in [6.07, 6.45) is 1.65. The molecule has 0 aliphatic rings. The Morgan fingerprint density at radius 2 is 2.00 bits per heavy atom. The molecule has 0 saturated heterocycles. The Morgan fingerprint density at radius 3 is 2.53 bits per heavy atom. The average Bonchev–Trinajstić information content (AvgIpc) is 2.18. The zero-order valence-corrected chi connectivity index (χ0v) is 9.31. The van der Waals surface area contributed by atoms with Crippen molar-refractivity contribution in [1.82, 2.24) is 10.2 Å². The van der Waals surface area contributed by atoms with Gasteiger partial charge in [-0.25, -0.2) is 0 Å². The van der Waals surface area contributed by atoms with Crippen molar-refractivity contribution in [1.29, 1.82) is 0 Å². The predicted molar refractivity (Wildman–Crippen MR) is 61.7 cm³/mol. The molecule has 0 saturated carbocycles. The number of carbonyl (C=O) groups excluding carboxylic acids is 1. The molecule has 1 N–H and O–H groups in total. The lowest BCUT2D eigenvalue weighted by Crippen LogP contribution is -2.39. The molecule has 3 heteroatoms. The van der Waals surface area contributed by atoms with E-state index in [1.807, 2.05) is 32.3 Å². The highest BCUT2D eigenvalue weighted by molar-refractivity contribution is 5.46. The normalized spacial score (nSPS) is 12.5. The van der Waals surface area contributed by atoms with Gasteiger partial charge in [-0.15, -0.1) is 0 Å². The number of nitrogens with zero attached hydrogens (tertiary/aromatic N) is 1. The average molecular weight is 206 g/mol. The zero-order chi connectivity index (χ0) is 11.1. The van der Waals surface area contributed by atoms with E-state index in [9.17, 15) is 4.79 Å². The van der Waals surface area contributed by atoms with E-state index in [1.165, 1.54) is 5.56 Å². The smallest absolute Gasteiger partial charge is 0.207 e. The second-order valence-corrected chi connectivity index (χ2v) is 3.93. The maximum absolute atomic E-state index is 10.5. The van der Waals surface area contributed by atoms with Gasteiger partial charge in [0.05, 0.1) is 0 Å². The molecule has 82 valence electrons. The lowest BCUT2D eigenvalue weighted by atomic mass is 10.1. The van der Waals surface area contributed by atoms with E-state index in [4.69, 9.17) is 0 Å². The third-order valence-electron chi connectivity index (χ3n) is 2.21. The molecule has 1 aromatic rings. The Bertz CT molecular complexity index is 285. The fraction of sp³-hybridized carbons (Fsp3) is 0.417. The Kier molecular flexibility index (Phi) is 4.84. The van der Waals surface area contributed by atoms with E-state index in [-0.39, 0.29) is 6.04 Å². The second-order valence-electron chi connectivity index (χ2n) is 3.93. The maximum Gasteiger partial charge on any atom is 0.207 e. The van der Waals surface area contributed by atoms with Crippen LogP contribution in [0.4, 0.5) is 0 Å². The van der Waals surface area contributed by atoms with Crippen molar-refractivity contribution in [2.24, 2.45) is 0 Å². The molecule has 0 fully saturated rings. The summed E-state index contributed by atoms with van der Waals surface area (Å²) < 4.78 is 0. The summed E-state index contributed by atoms with van der Waals surface area (Å²) in [5.74, 6) is 0. The summed E-state index contributed by atoms with van der Waals surface area (Å²) in [6, 6.07) is 10.4. The number of carbonyl (C=O) groups is 1. The Labute approximate surface area is 91.1 Å². The standard InChI is InChI=1S/C12H18N2O/c1-14(2)9-12(13-10-15)8-11-6-4-3-5-7-11/h3-7,10,12H,8-9H2,1-2H3,(H,13,15). The maximum atomic E-state index is 10.5. The van der Waals surface area contributed by atoms with Gasteiger partial charge in [-0.05, 0) is 26.1 Å². The number of likely N-dealkylation sites (N-methyl/N-ethyl adjacent to an activating group) is 1. The molecule has 1 atom stereocenters. The lowest BCUT2D eigenvalue weighted by molar-refractivity contribution is -0.110. The van der Waals surface area contributed by atoms with Gasteiger partial charge >= 0.3 is 0 Å². The largest absolute Gasteiger partial charge is 0.354 e. The summed E-state index contributed by atoms with van der Waals surface area (Å²) in [5, 5.41) is 2.84. The minimum absolute atomic E-state index is 0.180. The molecule has 0 aliphatic heterocycles. The van der Waals surface area contributed by atoms with Crippen molar-refractivity contribution in [3.05, 3.63) is 35.9 Å².